The van der Waals surface area contributed by atoms with Gasteiger partial charge in [-0.3, -0.25) is 4.79 Å². The highest BCUT2D eigenvalue weighted by atomic mass is 16.3. The van der Waals surface area contributed by atoms with E-state index in [-0.39, 0.29) is 5.91 Å². The molecule has 14 heavy (non-hydrogen) atoms. The molecule has 0 atom stereocenters. The third-order valence-electron chi connectivity index (χ3n) is 2.53. The molecule has 0 saturated heterocycles. The summed E-state index contributed by atoms with van der Waals surface area (Å²) >= 11 is 0. The number of hydrogen-bond acceptors (Lipinski definition) is 2. The number of anilines is 1. The van der Waals surface area contributed by atoms with Crippen molar-refractivity contribution in [1.29, 1.82) is 0 Å². The molecule has 3 nitrogen and oxygen atoms in total. The van der Waals surface area contributed by atoms with Gasteiger partial charge in [-0.05, 0) is 42.5 Å². The lowest BCUT2D eigenvalue weighted by atomic mass is 10.1. The largest absolute Gasteiger partial charge is 0.387 e. The van der Waals surface area contributed by atoms with Crippen molar-refractivity contribution < 1.29 is 9.90 Å². The van der Waals surface area contributed by atoms with E-state index in [2.05, 4.69) is 11.4 Å². The molecule has 2 rings (SSSR count). The molecule has 2 N–H and O–H groups in total. The molecule has 0 radical (unpaired) electrons. The van der Waals surface area contributed by atoms with E-state index in [1.54, 1.807) is 0 Å². The standard InChI is InChI=1S/C11H13NO2/c13-7-11(14)12-10-5-4-8-2-1-3-9(8)6-10/h4-6,13H,1-3,7H2,(H,12,14). The van der Waals surface area contributed by atoms with Crippen molar-refractivity contribution in [3.63, 3.8) is 0 Å². The zero-order chi connectivity index (χ0) is 9.97. The Labute approximate surface area is 82.8 Å². The van der Waals surface area contributed by atoms with Crippen molar-refractivity contribution in [2.45, 2.75) is 19.3 Å². The minimum Gasteiger partial charge on any atom is -0.387 e. The first-order valence-corrected chi connectivity index (χ1v) is 4.82. The first-order chi connectivity index (χ1) is 6.79. The fraction of sp³-hybridized carbons (Fsp3) is 0.364. The van der Waals surface area contributed by atoms with Crippen LogP contribution in [0.2, 0.25) is 0 Å². The summed E-state index contributed by atoms with van der Waals surface area (Å²) in [5.74, 6) is -0.358. The van der Waals surface area contributed by atoms with Crippen LogP contribution in [0.4, 0.5) is 5.69 Å². The van der Waals surface area contributed by atoms with E-state index in [4.69, 9.17) is 5.11 Å². The molecule has 0 saturated carbocycles. The molecular formula is C11H13NO2. The Kier molecular flexibility index (Phi) is 2.50. The highest BCUT2D eigenvalue weighted by Crippen LogP contribution is 2.24. The van der Waals surface area contributed by atoms with Crippen LogP contribution in [0.25, 0.3) is 0 Å². The van der Waals surface area contributed by atoms with Gasteiger partial charge in [0.05, 0.1) is 0 Å². The molecule has 1 aliphatic carbocycles. The first kappa shape index (κ1) is 9.21. The highest BCUT2D eigenvalue weighted by Gasteiger charge is 2.11. The zero-order valence-electron chi connectivity index (χ0n) is 7.92. The van der Waals surface area contributed by atoms with Crippen LogP contribution in [0.1, 0.15) is 17.5 Å². The Bertz CT molecular complexity index is 360. The number of amides is 1. The molecule has 0 fully saturated rings. The molecule has 1 aromatic carbocycles. The molecule has 0 spiro atoms. The second kappa shape index (κ2) is 3.80. The number of carbonyl (C=O) groups excluding carboxylic acids is 1. The Hall–Kier alpha value is -1.35. The number of aliphatic hydroxyl groups excluding tert-OH is 1. The number of aliphatic hydroxyl groups is 1. The lowest BCUT2D eigenvalue weighted by Gasteiger charge is -2.05. The van der Waals surface area contributed by atoms with Gasteiger partial charge in [0.15, 0.2) is 0 Å². The van der Waals surface area contributed by atoms with Crippen LogP contribution in [0, 0.1) is 0 Å². The number of hydrogen-bond donors (Lipinski definition) is 2. The Balaban J connectivity index is 2.16. The number of carbonyl (C=O) groups is 1. The Morgan fingerprint density at radius 2 is 2.14 bits per heavy atom. The van der Waals surface area contributed by atoms with E-state index in [9.17, 15) is 4.79 Å². The summed E-state index contributed by atoms with van der Waals surface area (Å²) in [6.45, 7) is -0.461. The molecule has 0 bridgehead atoms. The first-order valence-electron chi connectivity index (χ1n) is 4.82. The monoisotopic (exact) mass is 191 g/mol. The van der Waals surface area contributed by atoms with Crippen molar-refractivity contribution in [2.24, 2.45) is 0 Å². The van der Waals surface area contributed by atoms with E-state index in [0.29, 0.717) is 0 Å². The van der Waals surface area contributed by atoms with Gasteiger partial charge in [0, 0.05) is 5.69 Å². The van der Waals surface area contributed by atoms with E-state index < -0.39 is 6.61 Å². The van der Waals surface area contributed by atoms with Crippen LogP contribution < -0.4 is 5.32 Å². The van der Waals surface area contributed by atoms with Crippen molar-refractivity contribution in [3.8, 4) is 0 Å². The summed E-state index contributed by atoms with van der Waals surface area (Å²) in [6.07, 6.45) is 3.44. The normalized spacial score (nSPS) is 13.8. The lowest BCUT2D eigenvalue weighted by molar-refractivity contribution is -0.118. The quantitative estimate of drug-likeness (QED) is 0.735. The molecular weight excluding hydrogens is 178 g/mol. The van der Waals surface area contributed by atoms with Crippen LogP contribution in [0.15, 0.2) is 18.2 Å². The summed E-state index contributed by atoms with van der Waals surface area (Å²) < 4.78 is 0. The predicted octanol–water partition coefficient (Wildman–Crippen LogP) is 1.11. The molecule has 0 aromatic heterocycles. The average molecular weight is 191 g/mol. The van der Waals surface area contributed by atoms with Gasteiger partial charge in [0.1, 0.15) is 6.61 Å². The molecule has 1 aliphatic rings. The number of aryl methyl sites for hydroxylation is 2. The van der Waals surface area contributed by atoms with Crippen LogP contribution in [-0.4, -0.2) is 17.6 Å². The summed E-state index contributed by atoms with van der Waals surface area (Å²) in [6, 6.07) is 5.93. The van der Waals surface area contributed by atoms with Gasteiger partial charge in [-0.2, -0.15) is 0 Å². The Morgan fingerprint density at radius 1 is 1.36 bits per heavy atom. The van der Waals surface area contributed by atoms with Gasteiger partial charge in [0.2, 0.25) is 5.91 Å². The van der Waals surface area contributed by atoms with Gasteiger partial charge < -0.3 is 10.4 Å². The molecule has 0 heterocycles. The number of nitrogens with one attached hydrogen (secondary N) is 1. The molecule has 3 heteroatoms. The van der Waals surface area contributed by atoms with Crippen LogP contribution in [0.3, 0.4) is 0 Å². The topological polar surface area (TPSA) is 49.3 Å². The fourth-order valence-electron chi connectivity index (χ4n) is 1.85. The van der Waals surface area contributed by atoms with Crippen molar-refractivity contribution in [2.75, 3.05) is 11.9 Å². The van der Waals surface area contributed by atoms with E-state index in [1.165, 1.54) is 17.5 Å². The molecule has 1 aromatic rings. The molecule has 0 unspecified atom stereocenters. The molecule has 0 aliphatic heterocycles. The maximum atomic E-state index is 10.9. The minimum atomic E-state index is -0.461. The van der Waals surface area contributed by atoms with Crippen LogP contribution in [-0.2, 0) is 17.6 Å². The van der Waals surface area contributed by atoms with Crippen molar-refractivity contribution >= 4 is 11.6 Å². The maximum Gasteiger partial charge on any atom is 0.250 e. The van der Waals surface area contributed by atoms with Crippen LogP contribution >= 0.6 is 0 Å². The van der Waals surface area contributed by atoms with E-state index in [1.807, 2.05) is 12.1 Å². The van der Waals surface area contributed by atoms with E-state index >= 15 is 0 Å². The summed E-state index contributed by atoms with van der Waals surface area (Å²) in [5, 5.41) is 11.2. The second-order valence-electron chi connectivity index (χ2n) is 3.54. The van der Waals surface area contributed by atoms with Crippen molar-refractivity contribution in [1.82, 2.24) is 0 Å². The minimum absolute atomic E-state index is 0.358. The number of benzene rings is 1. The van der Waals surface area contributed by atoms with Gasteiger partial charge in [-0.25, -0.2) is 0 Å². The Morgan fingerprint density at radius 3 is 2.93 bits per heavy atom. The summed E-state index contributed by atoms with van der Waals surface area (Å²) in [5.41, 5.74) is 3.48. The smallest absolute Gasteiger partial charge is 0.250 e. The molecule has 1 amide bonds. The summed E-state index contributed by atoms with van der Waals surface area (Å²) in [4.78, 5) is 10.9. The highest BCUT2D eigenvalue weighted by molar-refractivity contribution is 5.91. The number of fused-ring (bicyclic) bond motifs is 1. The lowest BCUT2D eigenvalue weighted by Crippen LogP contribution is -2.15. The second-order valence-corrected chi connectivity index (χ2v) is 3.54. The van der Waals surface area contributed by atoms with Gasteiger partial charge in [-0.15, -0.1) is 0 Å². The molecule has 74 valence electrons. The van der Waals surface area contributed by atoms with Crippen molar-refractivity contribution in [3.05, 3.63) is 29.3 Å². The van der Waals surface area contributed by atoms with E-state index in [0.717, 1.165) is 18.5 Å². The fourth-order valence-corrected chi connectivity index (χ4v) is 1.85. The third-order valence-corrected chi connectivity index (χ3v) is 2.53. The average Bonchev–Trinajstić information content (AvgIpc) is 2.64. The SMILES string of the molecule is O=C(CO)Nc1ccc2c(c1)CCC2. The van der Waals surface area contributed by atoms with Crippen LogP contribution in [0.5, 0.6) is 0 Å². The number of rotatable bonds is 2. The van der Waals surface area contributed by atoms with Gasteiger partial charge in [0.25, 0.3) is 0 Å². The third kappa shape index (κ3) is 1.77. The van der Waals surface area contributed by atoms with Gasteiger partial charge >= 0.3 is 0 Å². The zero-order valence-corrected chi connectivity index (χ0v) is 7.92. The maximum absolute atomic E-state index is 10.9. The summed E-state index contributed by atoms with van der Waals surface area (Å²) in [7, 11) is 0. The van der Waals surface area contributed by atoms with Gasteiger partial charge in [-0.1, -0.05) is 6.07 Å². The predicted molar refractivity (Wildman–Crippen MR) is 54.2 cm³/mol.